The fourth-order valence-electron chi connectivity index (χ4n) is 5.18. The van der Waals surface area contributed by atoms with Gasteiger partial charge in [0.15, 0.2) is 0 Å². The Morgan fingerprint density at radius 1 is 1.00 bits per heavy atom. The number of aryl methyl sites for hydroxylation is 2. The summed E-state index contributed by atoms with van der Waals surface area (Å²) >= 11 is 0. The van der Waals surface area contributed by atoms with Gasteiger partial charge in [-0.15, -0.1) is 0 Å². The molecule has 1 amide bonds. The van der Waals surface area contributed by atoms with Crippen LogP contribution in [0.1, 0.15) is 34.3 Å². The van der Waals surface area contributed by atoms with Gasteiger partial charge in [-0.25, -0.2) is 0 Å². The topological polar surface area (TPSA) is 97.4 Å². The Bertz CT molecular complexity index is 1220. The quantitative estimate of drug-likeness (QED) is 0.609. The number of likely N-dealkylation sites (tertiary alicyclic amines) is 1. The number of rotatable bonds is 7. The third kappa shape index (κ3) is 5.22. The highest BCUT2D eigenvalue weighted by Crippen LogP contribution is 2.29. The number of methoxy groups -OCH3 is 1. The summed E-state index contributed by atoms with van der Waals surface area (Å²) in [7, 11) is -2.11. The van der Waals surface area contributed by atoms with Crippen molar-refractivity contribution in [2.24, 2.45) is 0 Å². The lowest BCUT2D eigenvalue weighted by atomic mass is 10.0. The standard InChI is InChI=1S/C26H33N3O6S/c1-17-7-8-18(2)23(11-17)26(30)28-15-24(33-3)25(16-28)35-20-6-4-5-19(12-20)27-36(31,32)29-13-21-9-10-22(14-29)34-21/h4-8,11-12,21-22,24-25,27H,9-10,13-16H2,1-3H3. The van der Waals surface area contributed by atoms with Crippen LogP contribution in [0.25, 0.3) is 0 Å². The van der Waals surface area contributed by atoms with E-state index in [1.165, 1.54) is 4.31 Å². The number of carbonyl (C=O) groups excluding carboxylic acids is 1. The Morgan fingerprint density at radius 2 is 1.72 bits per heavy atom. The SMILES string of the molecule is COC1CN(C(=O)c2cc(C)ccc2C)CC1Oc1cccc(NS(=O)(=O)N2CC3CCC(C2)O3)c1. The van der Waals surface area contributed by atoms with E-state index in [2.05, 4.69) is 4.72 Å². The summed E-state index contributed by atoms with van der Waals surface area (Å²) in [4.78, 5) is 15.0. The Morgan fingerprint density at radius 3 is 2.44 bits per heavy atom. The van der Waals surface area contributed by atoms with E-state index in [1.807, 2.05) is 32.0 Å². The molecule has 3 saturated heterocycles. The van der Waals surface area contributed by atoms with Crippen molar-refractivity contribution >= 4 is 21.8 Å². The molecule has 3 aliphatic heterocycles. The molecule has 3 aliphatic rings. The van der Waals surface area contributed by atoms with Crippen LogP contribution in [0.15, 0.2) is 42.5 Å². The number of ether oxygens (including phenoxy) is 3. The summed E-state index contributed by atoms with van der Waals surface area (Å²) in [6, 6.07) is 12.7. The Labute approximate surface area is 212 Å². The number of morpholine rings is 1. The molecule has 3 heterocycles. The van der Waals surface area contributed by atoms with Crippen molar-refractivity contribution in [3.05, 3.63) is 59.2 Å². The smallest absolute Gasteiger partial charge is 0.301 e. The molecule has 9 nitrogen and oxygen atoms in total. The van der Waals surface area contributed by atoms with Gasteiger partial charge in [0.25, 0.3) is 5.91 Å². The van der Waals surface area contributed by atoms with Crippen LogP contribution in [-0.4, -0.2) is 81.2 Å². The van der Waals surface area contributed by atoms with Crippen molar-refractivity contribution in [2.45, 2.75) is 51.1 Å². The molecule has 36 heavy (non-hydrogen) atoms. The number of hydrogen-bond acceptors (Lipinski definition) is 6. The molecular weight excluding hydrogens is 482 g/mol. The molecule has 0 radical (unpaired) electrons. The zero-order chi connectivity index (χ0) is 25.4. The molecule has 194 valence electrons. The molecule has 2 aromatic rings. The summed E-state index contributed by atoms with van der Waals surface area (Å²) in [6.07, 6.45) is 1.04. The van der Waals surface area contributed by atoms with Gasteiger partial charge in [0, 0.05) is 31.8 Å². The molecule has 4 unspecified atom stereocenters. The molecule has 10 heteroatoms. The van der Waals surface area contributed by atoms with Crippen LogP contribution in [0.5, 0.6) is 5.75 Å². The third-order valence-electron chi connectivity index (χ3n) is 7.15. The van der Waals surface area contributed by atoms with Gasteiger partial charge in [0.2, 0.25) is 0 Å². The largest absolute Gasteiger partial charge is 0.486 e. The average molecular weight is 516 g/mol. The molecule has 2 bridgehead atoms. The van der Waals surface area contributed by atoms with E-state index in [0.29, 0.717) is 43.2 Å². The lowest BCUT2D eigenvalue weighted by Gasteiger charge is -2.31. The minimum Gasteiger partial charge on any atom is -0.486 e. The molecule has 0 saturated carbocycles. The van der Waals surface area contributed by atoms with E-state index < -0.39 is 10.2 Å². The van der Waals surface area contributed by atoms with Crippen LogP contribution in [0.2, 0.25) is 0 Å². The van der Waals surface area contributed by atoms with Crippen molar-refractivity contribution < 1.29 is 27.4 Å². The first-order valence-electron chi connectivity index (χ1n) is 12.3. The van der Waals surface area contributed by atoms with Crippen molar-refractivity contribution in [3.63, 3.8) is 0 Å². The summed E-state index contributed by atoms with van der Waals surface area (Å²) < 4.78 is 47.7. The Kier molecular flexibility index (Phi) is 6.95. The predicted molar refractivity (Wildman–Crippen MR) is 135 cm³/mol. The van der Waals surface area contributed by atoms with E-state index in [4.69, 9.17) is 14.2 Å². The van der Waals surface area contributed by atoms with Crippen molar-refractivity contribution in [3.8, 4) is 5.75 Å². The van der Waals surface area contributed by atoms with E-state index >= 15 is 0 Å². The van der Waals surface area contributed by atoms with Crippen LogP contribution in [-0.2, 0) is 19.7 Å². The molecular formula is C26H33N3O6S. The van der Waals surface area contributed by atoms with E-state index in [1.54, 1.807) is 36.3 Å². The number of anilines is 1. The lowest BCUT2D eigenvalue weighted by Crippen LogP contribution is -2.47. The van der Waals surface area contributed by atoms with Crippen LogP contribution >= 0.6 is 0 Å². The maximum absolute atomic E-state index is 13.2. The van der Waals surface area contributed by atoms with E-state index in [-0.39, 0.29) is 30.3 Å². The highest BCUT2D eigenvalue weighted by Gasteiger charge is 2.39. The number of amides is 1. The minimum absolute atomic E-state index is 0.0300. The van der Waals surface area contributed by atoms with Gasteiger partial charge in [-0.2, -0.15) is 12.7 Å². The number of benzene rings is 2. The molecule has 0 aromatic heterocycles. The predicted octanol–water partition coefficient (Wildman–Crippen LogP) is 2.74. The van der Waals surface area contributed by atoms with Crippen molar-refractivity contribution in [1.29, 1.82) is 0 Å². The van der Waals surface area contributed by atoms with Gasteiger partial charge in [-0.1, -0.05) is 23.8 Å². The second-order valence-corrected chi connectivity index (χ2v) is 11.5. The summed E-state index contributed by atoms with van der Waals surface area (Å²) in [5, 5.41) is 0. The summed E-state index contributed by atoms with van der Waals surface area (Å²) in [5.41, 5.74) is 3.06. The first kappa shape index (κ1) is 25.0. The van der Waals surface area contributed by atoms with Gasteiger partial charge >= 0.3 is 10.2 Å². The van der Waals surface area contributed by atoms with Gasteiger partial charge < -0.3 is 19.1 Å². The number of hydrogen-bond donors (Lipinski definition) is 1. The number of nitrogens with zero attached hydrogens (tertiary/aromatic N) is 2. The van der Waals surface area contributed by atoms with E-state index in [9.17, 15) is 13.2 Å². The first-order valence-corrected chi connectivity index (χ1v) is 13.8. The number of carbonyl (C=O) groups is 1. The second kappa shape index (κ2) is 10.0. The summed E-state index contributed by atoms with van der Waals surface area (Å²) in [5.74, 6) is 0.454. The minimum atomic E-state index is -3.71. The van der Waals surface area contributed by atoms with Gasteiger partial charge in [-0.3, -0.25) is 9.52 Å². The summed E-state index contributed by atoms with van der Waals surface area (Å²) in [6.45, 7) is 5.41. The molecule has 0 aliphatic carbocycles. The van der Waals surface area contributed by atoms with Gasteiger partial charge in [-0.05, 0) is 50.5 Å². The molecule has 0 spiro atoms. The molecule has 5 rings (SSSR count). The van der Waals surface area contributed by atoms with Crippen molar-refractivity contribution in [2.75, 3.05) is 38.0 Å². The first-order chi connectivity index (χ1) is 17.2. The second-order valence-electron chi connectivity index (χ2n) is 9.87. The van der Waals surface area contributed by atoms with Crippen LogP contribution in [0, 0.1) is 13.8 Å². The number of nitrogens with one attached hydrogen (secondary N) is 1. The van der Waals surface area contributed by atoms with Gasteiger partial charge in [0.1, 0.15) is 18.0 Å². The molecule has 2 aromatic carbocycles. The van der Waals surface area contributed by atoms with Crippen LogP contribution in [0.4, 0.5) is 5.69 Å². The number of fused-ring (bicyclic) bond motifs is 2. The lowest BCUT2D eigenvalue weighted by molar-refractivity contribution is -0.0112. The average Bonchev–Trinajstić information content (AvgIpc) is 3.41. The van der Waals surface area contributed by atoms with Crippen molar-refractivity contribution in [1.82, 2.24) is 9.21 Å². The maximum atomic E-state index is 13.2. The van der Waals surface area contributed by atoms with Crippen LogP contribution < -0.4 is 9.46 Å². The molecule has 1 N–H and O–H groups in total. The fraction of sp³-hybridized carbons (Fsp3) is 0.500. The Balaban J connectivity index is 1.26. The maximum Gasteiger partial charge on any atom is 0.301 e. The highest BCUT2D eigenvalue weighted by atomic mass is 32.2. The monoisotopic (exact) mass is 515 g/mol. The van der Waals surface area contributed by atoms with Gasteiger partial charge in [0.05, 0.1) is 31.0 Å². The third-order valence-corrected chi connectivity index (χ3v) is 8.62. The zero-order valence-electron chi connectivity index (χ0n) is 20.8. The highest BCUT2D eigenvalue weighted by molar-refractivity contribution is 7.90. The fourth-order valence-corrected chi connectivity index (χ4v) is 6.46. The van der Waals surface area contributed by atoms with Crippen LogP contribution in [0.3, 0.4) is 0 Å². The zero-order valence-corrected chi connectivity index (χ0v) is 21.7. The van der Waals surface area contributed by atoms with E-state index in [0.717, 1.165) is 24.0 Å². The Hall–Kier alpha value is -2.66. The molecule has 3 fully saturated rings. The normalized spacial score (nSPS) is 26.2. The molecule has 4 atom stereocenters.